The number of carbonyl (C=O) groups is 1. The van der Waals surface area contributed by atoms with Crippen LogP contribution in [0.5, 0.6) is 5.75 Å². The molecule has 1 N–H and O–H groups in total. The Hall–Kier alpha value is -2.00. The van der Waals surface area contributed by atoms with Gasteiger partial charge in [0.2, 0.25) is 0 Å². The normalized spacial score (nSPS) is 10.1. The van der Waals surface area contributed by atoms with Gasteiger partial charge in [0, 0.05) is 16.3 Å². The molecule has 3 nitrogen and oxygen atoms in total. The summed E-state index contributed by atoms with van der Waals surface area (Å²) in [7, 11) is 0. The maximum absolute atomic E-state index is 12.0. The van der Waals surface area contributed by atoms with E-state index in [-0.39, 0.29) is 5.91 Å². The number of carbonyl (C=O) groups excluding carboxylic acids is 1. The largest absolute Gasteiger partial charge is 0.494 e. The quantitative estimate of drug-likeness (QED) is 0.887. The molecule has 20 heavy (non-hydrogen) atoms. The predicted molar refractivity (Wildman–Crippen MR) is 81.6 cm³/mol. The molecule has 0 fully saturated rings. The molecule has 0 saturated heterocycles. The average Bonchev–Trinajstić information content (AvgIpc) is 2.47. The van der Waals surface area contributed by atoms with Crippen LogP contribution in [0.25, 0.3) is 0 Å². The van der Waals surface area contributed by atoms with Crippen LogP contribution in [0.1, 0.15) is 23.7 Å². The van der Waals surface area contributed by atoms with Crippen LogP contribution >= 0.6 is 11.6 Å². The fourth-order valence-corrected chi connectivity index (χ4v) is 1.78. The van der Waals surface area contributed by atoms with Crippen molar-refractivity contribution in [2.75, 3.05) is 11.9 Å². The second-order valence-corrected chi connectivity index (χ2v) is 4.77. The van der Waals surface area contributed by atoms with Crippen molar-refractivity contribution >= 4 is 23.2 Å². The maximum atomic E-state index is 12.0. The Bertz CT molecular complexity index is 564. The molecule has 104 valence electrons. The van der Waals surface area contributed by atoms with E-state index >= 15 is 0 Å². The van der Waals surface area contributed by atoms with Crippen LogP contribution in [0.15, 0.2) is 48.5 Å². The van der Waals surface area contributed by atoms with Crippen molar-refractivity contribution in [2.24, 2.45) is 0 Å². The molecule has 0 saturated carbocycles. The predicted octanol–water partition coefficient (Wildman–Crippen LogP) is 4.38. The van der Waals surface area contributed by atoms with E-state index in [2.05, 4.69) is 12.2 Å². The second kappa shape index (κ2) is 6.96. The van der Waals surface area contributed by atoms with Crippen LogP contribution in [-0.4, -0.2) is 12.5 Å². The van der Waals surface area contributed by atoms with Gasteiger partial charge >= 0.3 is 0 Å². The number of nitrogens with one attached hydrogen (secondary N) is 1. The Morgan fingerprint density at radius 2 is 1.75 bits per heavy atom. The van der Waals surface area contributed by atoms with Crippen LogP contribution < -0.4 is 10.1 Å². The number of amides is 1. The van der Waals surface area contributed by atoms with E-state index in [0.29, 0.717) is 17.2 Å². The van der Waals surface area contributed by atoms with E-state index in [1.807, 2.05) is 24.3 Å². The molecular weight excluding hydrogens is 274 g/mol. The highest BCUT2D eigenvalue weighted by molar-refractivity contribution is 6.30. The topological polar surface area (TPSA) is 38.3 Å². The smallest absolute Gasteiger partial charge is 0.255 e. The van der Waals surface area contributed by atoms with Crippen molar-refractivity contribution in [1.29, 1.82) is 0 Å². The molecule has 2 rings (SSSR count). The molecule has 2 aromatic rings. The zero-order chi connectivity index (χ0) is 14.4. The van der Waals surface area contributed by atoms with Gasteiger partial charge in [-0.25, -0.2) is 0 Å². The molecule has 0 aliphatic heterocycles. The van der Waals surface area contributed by atoms with Crippen molar-refractivity contribution < 1.29 is 9.53 Å². The Balaban J connectivity index is 1.99. The lowest BCUT2D eigenvalue weighted by molar-refractivity contribution is 0.102. The third-order valence-electron chi connectivity index (χ3n) is 2.69. The van der Waals surface area contributed by atoms with E-state index < -0.39 is 0 Å². The van der Waals surface area contributed by atoms with Gasteiger partial charge in [-0.1, -0.05) is 18.5 Å². The summed E-state index contributed by atoms with van der Waals surface area (Å²) in [5, 5.41) is 3.43. The van der Waals surface area contributed by atoms with Crippen LogP contribution in [0.2, 0.25) is 5.02 Å². The summed E-state index contributed by atoms with van der Waals surface area (Å²) in [6, 6.07) is 14.1. The summed E-state index contributed by atoms with van der Waals surface area (Å²) >= 11 is 5.79. The van der Waals surface area contributed by atoms with Crippen molar-refractivity contribution in [3.8, 4) is 5.75 Å². The van der Waals surface area contributed by atoms with Gasteiger partial charge in [0.15, 0.2) is 0 Å². The molecule has 0 aromatic heterocycles. The van der Waals surface area contributed by atoms with Crippen LogP contribution in [0.4, 0.5) is 5.69 Å². The molecule has 0 aliphatic carbocycles. The lowest BCUT2D eigenvalue weighted by Gasteiger charge is -2.07. The summed E-state index contributed by atoms with van der Waals surface area (Å²) in [6.07, 6.45) is 0.967. The molecule has 0 atom stereocenters. The van der Waals surface area contributed by atoms with Gasteiger partial charge in [-0.15, -0.1) is 0 Å². The van der Waals surface area contributed by atoms with Crippen molar-refractivity contribution in [3.05, 3.63) is 59.1 Å². The lowest BCUT2D eigenvalue weighted by Crippen LogP contribution is -2.11. The summed E-state index contributed by atoms with van der Waals surface area (Å²) < 4.78 is 5.49. The molecule has 0 bridgehead atoms. The molecule has 2 aromatic carbocycles. The Kier molecular flexibility index (Phi) is 5.02. The standard InChI is InChI=1S/C16H16ClNO2/c1-2-11-20-15-9-7-14(8-10-15)18-16(19)12-3-5-13(17)6-4-12/h3-10H,2,11H2,1H3,(H,18,19). The average molecular weight is 290 g/mol. The molecule has 0 spiro atoms. The van der Waals surface area contributed by atoms with Gasteiger partial charge in [0.05, 0.1) is 6.61 Å². The lowest BCUT2D eigenvalue weighted by atomic mass is 10.2. The van der Waals surface area contributed by atoms with E-state index in [1.54, 1.807) is 24.3 Å². The van der Waals surface area contributed by atoms with Crippen LogP contribution in [0.3, 0.4) is 0 Å². The van der Waals surface area contributed by atoms with Gasteiger partial charge in [0.25, 0.3) is 5.91 Å². The SMILES string of the molecule is CCCOc1ccc(NC(=O)c2ccc(Cl)cc2)cc1. The molecule has 0 unspecified atom stereocenters. The summed E-state index contributed by atoms with van der Waals surface area (Å²) in [5.74, 6) is 0.639. The molecule has 0 heterocycles. The highest BCUT2D eigenvalue weighted by Crippen LogP contribution is 2.17. The van der Waals surface area contributed by atoms with Gasteiger partial charge in [0.1, 0.15) is 5.75 Å². The minimum Gasteiger partial charge on any atom is -0.494 e. The van der Waals surface area contributed by atoms with Crippen molar-refractivity contribution in [1.82, 2.24) is 0 Å². The van der Waals surface area contributed by atoms with Crippen molar-refractivity contribution in [2.45, 2.75) is 13.3 Å². The first-order chi connectivity index (χ1) is 9.69. The zero-order valence-electron chi connectivity index (χ0n) is 11.2. The highest BCUT2D eigenvalue weighted by Gasteiger charge is 2.05. The van der Waals surface area contributed by atoms with E-state index in [1.165, 1.54) is 0 Å². The Morgan fingerprint density at radius 3 is 2.35 bits per heavy atom. The number of ether oxygens (including phenoxy) is 1. The first-order valence-corrected chi connectivity index (χ1v) is 6.86. The third kappa shape index (κ3) is 4.00. The van der Waals surface area contributed by atoms with Crippen LogP contribution in [0, 0.1) is 0 Å². The van der Waals surface area contributed by atoms with E-state index in [9.17, 15) is 4.79 Å². The van der Waals surface area contributed by atoms with E-state index in [0.717, 1.165) is 17.9 Å². The number of hydrogen-bond donors (Lipinski definition) is 1. The Labute approximate surface area is 123 Å². The van der Waals surface area contributed by atoms with Crippen molar-refractivity contribution in [3.63, 3.8) is 0 Å². The van der Waals surface area contributed by atoms with Gasteiger partial charge < -0.3 is 10.1 Å². The number of halogens is 1. The molecule has 4 heteroatoms. The summed E-state index contributed by atoms with van der Waals surface area (Å²) in [6.45, 7) is 2.75. The minimum atomic E-state index is -0.163. The number of anilines is 1. The van der Waals surface area contributed by atoms with Gasteiger partial charge in [-0.3, -0.25) is 4.79 Å². The fourth-order valence-electron chi connectivity index (χ4n) is 1.66. The van der Waals surface area contributed by atoms with E-state index in [4.69, 9.17) is 16.3 Å². The zero-order valence-corrected chi connectivity index (χ0v) is 12.0. The van der Waals surface area contributed by atoms with Crippen LogP contribution in [-0.2, 0) is 0 Å². The number of benzene rings is 2. The summed E-state index contributed by atoms with van der Waals surface area (Å²) in [4.78, 5) is 12.0. The maximum Gasteiger partial charge on any atom is 0.255 e. The number of rotatable bonds is 5. The fraction of sp³-hybridized carbons (Fsp3) is 0.188. The third-order valence-corrected chi connectivity index (χ3v) is 2.94. The Morgan fingerprint density at radius 1 is 1.10 bits per heavy atom. The number of hydrogen-bond acceptors (Lipinski definition) is 2. The molecule has 0 aliphatic rings. The molecular formula is C16H16ClNO2. The summed E-state index contributed by atoms with van der Waals surface area (Å²) in [5.41, 5.74) is 1.30. The molecule has 1 amide bonds. The highest BCUT2D eigenvalue weighted by atomic mass is 35.5. The first kappa shape index (κ1) is 14.4. The van der Waals surface area contributed by atoms with Gasteiger partial charge in [-0.2, -0.15) is 0 Å². The second-order valence-electron chi connectivity index (χ2n) is 4.33. The monoisotopic (exact) mass is 289 g/mol. The van der Waals surface area contributed by atoms with Gasteiger partial charge in [-0.05, 0) is 55.0 Å². The molecule has 0 radical (unpaired) electrons. The minimum absolute atomic E-state index is 0.163. The first-order valence-electron chi connectivity index (χ1n) is 6.49.